The van der Waals surface area contributed by atoms with E-state index in [4.69, 9.17) is 0 Å². The van der Waals surface area contributed by atoms with Crippen LogP contribution in [0.3, 0.4) is 0 Å². The standard InChI is InChI=1S/C12H20N2O2S2/c1-9(17-3)6-7-13-12-14-10(8-18-12)4-5-11(15)16-2/h8-9H,4-7H2,1-3H3,(H,13,14). The number of nitrogens with zero attached hydrogens (tertiary/aromatic N) is 1. The number of aryl methyl sites for hydroxylation is 1. The first kappa shape index (κ1) is 15.3. The number of ether oxygens (including phenoxy) is 1. The summed E-state index contributed by atoms with van der Waals surface area (Å²) in [5.41, 5.74) is 0.950. The predicted octanol–water partition coefficient (Wildman–Crippen LogP) is 2.80. The maximum absolute atomic E-state index is 11.0. The van der Waals surface area contributed by atoms with Crippen molar-refractivity contribution in [3.8, 4) is 0 Å². The number of hydrogen-bond donors (Lipinski definition) is 1. The molecular weight excluding hydrogens is 268 g/mol. The molecular formula is C12H20N2O2S2. The Kier molecular flexibility index (Phi) is 7.12. The number of thioether (sulfide) groups is 1. The zero-order valence-electron chi connectivity index (χ0n) is 11.1. The first-order chi connectivity index (χ1) is 8.65. The smallest absolute Gasteiger partial charge is 0.305 e. The number of esters is 1. The van der Waals surface area contributed by atoms with Crippen LogP contribution in [0.5, 0.6) is 0 Å². The Morgan fingerprint density at radius 2 is 2.44 bits per heavy atom. The molecule has 0 saturated carbocycles. The zero-order valence-corrected chi connectivity index (χ0v) is 12.7. The van der Waals surface area contributed by atoms with Crippen molar-refractivity contribution in [1.29, 1.82) is 0 Å². The summed E-state index contributed by atoms with van der Waals surface area (Å²) in [5, 5.41) is 6.90. The van der Waals surface area contributed by atoms with Crippen molar-refractivity contribution in [2.45, 2.75) is 31.4 Å². The maximum Gasteiger partial charge on any atom is 0.305 e. The van der Waals surface area contributed by atoms with E-state index in [1.807, 2.05) is 17.1 Å². The first-order valence-electron chi connectivity index (χ1n) is 5.93. The van der Waals surface area contributed by atoms with Gasteiger partial charge < -0.3 is 10.1 Å². The summed E-state index contributed by atoms with van der Waals surface area (Å²) >= 11 is 3.46. The van der Waals surface area contributed by atoms with E-state index >= 15 is 0 Å². The van der Waals surface area contributed by atoms with E-state index in [-0.39, 0.29) is 5.97 Å². The molecule has 0 saturated heterocycles. The van der Waals surface area contributed by atoms with Crippen LogP contribution in [0.2, 0.25) is 0 Å². The molecule has 0 aliphatic heterocycles. The molecule has 6 heteroatoms. The van der Waals surface area contributed by atoms with Gasteiger partial charge >= 0.3 is 5.97 Å². The topological polar surface area (TPSA) is 51.2 Å². The number of hydrogen-bond acceptors (Lipinski definition) is 6. The van der Waals surface area contributed by atoms with Gasteiger partial charge in [0.15, 0.2) is 5.13 Å². The van der Waals surface area contributed by atoms with Crippen molar-refractivity contribution >= 4 is 34.2 Å². The van der Waals surface area contributed by atoms with Crippen LogP contribution in [0.25, 0.3) is 0 Å². The Bertz CT molecular complexity index is 369. The molecule has 1 aromatic rings. The van der Waals surface area contributed by atoms with Gasteiger partial charge in [-0.15, -0.1) is 11.3 Å². The van der Waals surface area contributed by atoms with E-state index < -0.39 is 0 Å². The molecule has 102 valence electrons. The van der Waals surface area contributed by atoms with Gasteiger partial charge in [0.2, 0.25) is 0 Å². The van der Waals surface area contributed by atoms with Crippen LogP contribution >= 0.6 is 23.1 Å². The van der Waals surface area contributed by atoms with Crippen LogP contribution in [0.1, 0.15) is 25.5 Å². The van der Waals surface area contributed by atoms with Crippen LogP contribution in [0, 0.1) is 0 Å². The summed E-state index contributed by atoms with van der Waals surface area (Å²) in [5.74, 6) is -0.189. The van der Waals surface area contributed by atoms with Crippen LogP contribution in [0.4, 0.5) is 5.13 Å². The third-order valence-electron chi connectivity index (χ3n) is 2.59. The predicted molar refractivity (Wildman–Crippen MR) is 78.5 cm³/mol. The quantitative estimate of drug-likeness (QED) is 0.745. The average molecular weight is 288 g/mol. The first-order valence-corrected chi connectivity index (χ1v) is 8.10. The molecule has 0 amide bonds. The highest BCUT2D eigenvalue weighted by molar-refractivity contribution is 7.99. The molecule has 0 aliphatic carbocycles. The Labute approximate surface area is 117 Å². The molecule has 0 fully saturated rings. The Balaban J connectivity index is 2.27. The number of carbonyl (C=O) groups excluding carboxylic acids is 1. The molecule has 0 aromatic carbocycles. The highest BCUT2D eigenvalue weighted by Gasteiger charge is 2.06. The fraction of sp³-hybridized carbons (Fsp3) is 0.667. The van der Waals surface area contributed by atoms with Crippen molar-refractivity contribution in [2.24, 2.45) is 0 Å². The summed E-state index contributed by atoms with van der Waals surface area (Å²) in [6, 6.07) is 0. The van der Waals surface area contributed by atoms with Gasteiger partial charge in [-0.05, 0) is 12.7 Å². The van der Waals surface area contributed by atoms with Crippen molar-refractivity contribution in [1.82, 2.24) is 4.98 Å². The van der Waals surface area contributed by atoms with E-state index in [2.05, 4.69) is 28.2 Å². The van der Waals surface area contributed by atoms with E-state index in [0.29, 0.717) is 18.1 Å². The van der Waals surface area contributed by atoms with Crippen molar-refractivity contribution in [3.05, 3.63) is 11.1 Å². The average Bonchev–Trinajstić information content (AvgIpc) is 2.83. The molecule has 1 rings (SSSR count). The van der Waals surface area contributed by atoms with Crippen LogP contribution in [0.15, 0.2) is 5.38 Å². The molecule has 18 heavy (non-hydrogen) atoms. The van der Waals surface area contributed by atoms with E-state index in [1.165, 1.54) is 7.11 Å². The SMILES string of the molecule is COC(=O)CCc1csc(NCCC(C)SC)n1. The van der Waals surface area contributed by atoms with Gasteiger partial charge in [0.05, 0.1) is 19.2 Å². The monoisotopic (exact) mass is 288 g/mol. The van der Waals surface area contributed by atoms with Gasteiger partial charge in [0, 0.05) is 23.6 Å². The van der Waals surface area contributed by atoms with Crippen LogP contribution in [-0.2, 0) is 16.0 Å². The van der Waals surface area contributed by atoms with Gasteiger partial charge in [-0.3, -0.25) is 4.79 Å². The fourth-order valence-corrected chi connectivity index (χ4v) is 2.46. The Hall–Kier alpha value is -0.750. The second kappa shape index (κ2) is 8.37. The van der Waals surface area contributed by atoms with Crippen molar-refractivity contribution in [2.75, 3.05) is 25.2 Å². The number of rotatable bonds is 8. The molecule has 0 spiro atoms. The fourth-order valence-electron chi connectivity index (χ4n) is 1.34. The molecule has 1 heterocycles. The summed E-state index contributed by atoms with van der Waals surface area (Å²) in [6.45, 7) is 3.15. The lowest BCUT2D eigenvalue weighted by Gasteiger charge is -2.07. The normalized spacial score (nSPS) is 12.2. The van der Waals surface area contributed by atoms with E-state index in [9.17, 15) is 4.79 Å². The third kappa shape index (κ3) is 5.73. The van der Waals surface area contributed by atoms with Crippen LogP contribution in [-0.4, -0.2) is 36.1 Å². The molecule has 1 atom stereocenters. The number of anilines is 1. The molecule has 1 unspecified atom stereocenters. The highest BCUT2D eigenvalue weighted by Crippen LogP contribution is 2.17. The second-order valence-electron chi connectivity index (χ2n) is 3.98. The molecule has 0 bridgehead atoms. The van der Waals surface area contributed by atoms with Crippen LogP contribution < -0.4 is 5.32 Å². The van der Waals surface area contributed by atoms with Gasteiger partial charge in [-0.25, -0.2) is 4.98 Å². The third-order valence-corrected chi connectivity index (χ3v) is 4.48. The highest BCUT2D eigenvalue weighted by atomic mass is 32.2. The largest absolute Gasteiger partial charge is 0.469 e. The Morgan fingerprint density at radius 3 is 3.11 bits per heavy atom. The number of nitrogens with one attached hydrogen (secondary N) is 1. The minimum Gasteiger partial charge on any atom is -0.469 e. The number of thiazole rings is 1. The van der Waals surface area contributed by atoms with Gasteiger partial charge in [0.1, 0.15) is 0 Å². The summed E-state index contributed by atoms with van der Waals surface area (Å²) in [7, 11) is 1.41. The minimum atomic E-state index is -0.189. The maximum atomic E-state index is 11.0. The summed E-state index contributed by atoms with van der Waals surface area (Å²) in [6.07, 6.45) is 4.28. The van der Waals surface area contributed by atoms with E-state index in [0.717, 1.165) is 23.8 Å². The molecule has 0 aliphatic rings. The lowest BCUT2D eigenvalue weighted by molar-refractivity contribution is -0.140. The summed E-state index contributed by atoms with van der Waals surface area (Å²) < 4.78 is 4.60. The number of aromatic nitrogens is 1. The van der Waals surface area contributed by atoms with E-state index in [1.54, 1.807) is 11.3 Å². The number of carbonyl (C=O) groups is 1. The molecule has 1 aromatic heterocycles. The second-order valence-corrected chi connectivity index (χ2v) is 6.12. The summed E-state index contributed by atoms with van der Waals surface area (Å²) in [4.78, 5) is 15.4. The Morgan fingerprint density at radius 1 is 1.67 bits per heavy atom. The van der Waals surface area contributed by atoms with Gasteiger partial charge in [-0.2, -0.15) is 11.8 Å². The molecule has 1 N–H and O–H groups in total. The van der Waals surface area contributed by atoms with Crippen molar-refractivity contribution in [3.63, 3.8) is 0 Å². The number of methoxy groups -OCH3 is 1. The van der Waals surface area contributed by atoms with Gasteiger partial charge in [-0.1, -0.05) is 6.92 Å². The molecule has 4 nitrogen and oxygen atoms in total. The molecule has 0 radical (unpaired) electrons. The van der Waals surface area contributed by atoms with Crippen molar-refractivity contribution < 1.29 is 9.53 Å². The van der Waals surface area contributed by atoms with Gasteiger partial charge in [0.25, 0.3) is 0 Å². The lowest BCUT2D eigenvalue weighted by atomic mass is 10.2. The minimum absolute atomic E-state index is 0.189. The lowest BCUT2D eigenvalue weighted by Crippen LogP contribution is -2.07. The zero-order chi connectivity index (χ0) is 13.4.